The van der Waals surface area contributed by atoms with Crippen LogP contribution in [0.5, 0.6) is 11.5 Å². The Kier molecular flexibility index (Phi) is 16.7. The second kappa shape index (κ2) is 17.5. The number of rotatable bonds is 14. The van der Waals surface area contributed by atoms with Crippen molar-refractivity contribution in [3.8, 4) is 11.5 Å². The van der Waals surface area contributed by atoms with Gasteiger partial charge >= 0.3 is 0 Å². The molecule has 0 heterocycles. The molecule has 0 fully saturated rings. The summed E-state index contributed by atoms with van der Waals surface area (Å²) in [6, 6.07) is 6.23. The Labute approximate surface area is 201 Å². The predicted molar refractivity (Wildman–Crippen MR) is 139 cm³/mol. The summed E-state index contributed by atoms with van der Waals surface area (Å²) in [5, 5.41) is 6.86. The summed E-state index contributed by atoms with van der Waals surface area (Å²) in [5.41, 5.74) is 1.14. The number of nitrogens with zero attached hydrogens (tertiary/aromatic N) is 2. The van der Waals surface area contributed by atoms with Gasteiger partial charge in [-0.3, -0.25) is 4.99 Å². The van der Waals surface area contributed by atoms with Gasteiger partial charge in [0.05, 0.1) is 19.3 Å². The zero-order chi connectivity index (χ0) is 21.5. The molecule has 2 N–H and O–H groups in total. The third-order valence-electron chi connectivity index (χ3n) is 4.81. The van der Waals surface area contributed by atoms with Gasteiger partial charge in [0.15, 0.2) is 17.5 Å². The number of unbranched alkanes of at least 4 members (excludes halogenated alkanes) is 1. The molecule has 1 aromatic carbocycles. The molecule has 0 aliphatic carbocycles. The first kappa shape index (κ1) is 28.8. The topological polar surface area (TPSA) is 58.1 Å². The van der Waals surface area contributed by atoms with Gasteiger partial charge in [0, 0.05) is 13.1 Å². The maximum Gasteiger partial charge on any atom is 0.191 e. The molecule has 1 atom stereocenters. The van der Waals surface area contributed by atoms with Gasteiger partial charge in [-0.2, -0.15) is 0 Å². The number of halogens is 1. The second-order valence-electron chi connectivity index (χ2n) is 6.93. The van der Waals surface area contributed by atoms with Crippen LogP contribution in [0.25, 0.3) is 0 Å². The van der Waals surface area contributed by atoms with Crippen molar-refractivity contribution in [1.82, 2.24) is 15.5 Å². The quantitative estimate of drug-likeness (QED) is 0.155. The molecular formula is C23H43IN4O2. The van der Waals surface area contributed by atoms with Gasteiger partial charge in [-0.15, -0.1) is 24.0 Å². The van der Waals surface area contributed by atoms with Crippen molar-refractivity contribution in [2.45, 2.75) is 60.4 Å². The number of aliphatic imine (C=N–C) groups is 1. The normalized spacial score (nSPS) is 12.3. The number of nitrogens with one attached hydrogen (secondary N) is 2. The summed E-state index contributed by atoms with van der Waals surface area (Å²) >= 11 is 0. The van der Waals surface area contributed by atoms with Crippen molar-refractivity contribution in [2.24, 2.45) is 4.99 Å². The van der Waals surface area contributed by atoms with Gasteiger partial charge in [0.1, 0.15) is 0 Å². The van der Waals surface area contributed by atoms with Crippen molar-refractivity contribution in [2.75, 3.05) is 45.9 Å². The highest BCUT2D eigenvalue weighted by atomic mass is 127. The highest BCUT2D eigenvalue weighted by Gasteiger charge is 2.12. The van der Waals surface area contributed by atoms with Crippen LogP contribution in [0.3, 0.4) is 0 Å². The van der Waals surface area contributed by atoms with E-state index in [0.29, 0.717) is 13.2 Å². The minimum atomic E-state index is 0. The number of guanidine groups is 1. The predicted octanol–water partition coefficient (Wildman–Crippen LogP) is 4.84. The number of ether oxygens (including phenoxy) is 2. The molecule has 7 heteroatoms. The van der Waals surface area contributed by atoms with E-state index in [1.807, 2.05) is 19.9 Å². The maximum atomic E-state index is 5.76. The Morgan fingerprint density at radius 1 is 1.00 bits per heavy atom. The first-order valence-electron chi connectivity index (χ1n) is 11.3. The van der Waals surface area contributed by atoms with Gasteiger partial charge in [0.2, 0.25) is 0 Å². The summed E-state index contributed by atoms with van der Waals surface area (Å²) in [4.78, 5) is 7.21. The molecule has 0 saturated carbocycles. The summed E-state index contributed by atoms with van der Waals surface area (Å²) in [6.07, 6.45) is 2.27. The van der Waals surface area contributed by atoms with E-state index in [-0.39, 0.29) is 30.0 Å². The lowest BCUT2D eigenvalue weighted by Gasteiger charge is -2.20. The van der Waals surface area contributed by atoms with Crippen LogP contribution in [0, 0.1) is 0 Å². The second-order valence-corrected chi connectivity index (χ2v) is 6.93. The molecule has 1 aromatic rings. The van der Waals surface area contributed by atoms with Crippen LogP contribution >= 0.6 is 24.0 Å². The lowest BCUT2D eigenvalue weighted by molar-refractivity contribution is 0.287. The van der Waals surface area contributed by atoms with Crippen molar-refractivity contribution in [1.29, 1.82) is 0 Å². The Hall–Kier alpha value is -1.22. The molecule has 30 heavy (non-hydrogen) atoms. The van der Waals surface area contributed by atoms with E-state index in [1.54, 1.807) is 0 Å². The Balaban J connectivity index is 0.00000841. The van der Waals surface area contributed by atoms with E-state index < -0.39 is 0 Å². The van der Waals surface area contributed by atoms with Gasteiger partial charge in [-0.25, -0.2) is 0 Å². The molecule has 0 spiro atoms. The van der Waals surface area contributed by atoms with Crippen molar-refractivity contribution in [3.63, 3.8) is 0 Å². The van der Waals surface area contributed by atoms with Crippen LogP contribution in [0.4, 0.5) is 0 Å². The number of benzene rings is 1. The Morgan fingerprint density at radius 2 is 1.67 bits per heavy atom. The minimum absolute atomic E-state index is 0. The number of hydrogen-bond acceptors (Lipinski definition) is 4. The van der Waals surface area contributed by atoms with E-state index in [0.717, 1.165) is 62.2 Å². The SMILES string of the molecule is CCNC(=NCCCCN(CC)CC)NC(C)c1ccc(OCC)c(OCC)c1.I. The fourth-order valence-electron chi connectivity index (χ4n) is 3.12. The monoisotopic (exact) mass is 534 g/mol. The largest absolute Gasteiger partial charge is 0.490 e. The molecule has 1 unspecified atom stereocenters. The molecule has 0 bridgehead atoms. The summed E-state index contributed by atoms with van der Waals surface area (Å²) in [5.74, 6) is 2.44. The number of hydrogen-bond donors (Lipinski definition) is 2. The molecule has 0 amide bonds. The first-order chi connectivity index (χ1) is 14.1. The zero-order valence-electron chi connectivity index (χ0n) is 19.8. The molecule has 1 rings (SSSR count). The lowest BCUT2D eigenvalue weighted by Crippen LogP contribution is -2.38. The smallest absolute Gasteiger partial charge is 0.191 e. The highest BCUT2D eigenvalue weighted by Crippen LogP contribution is 2.30. The molecule has 0 radical (unpaired) electrons. The van der Waals surface area contributed by atoms with Gasteiger partial charge in [0.25, 0.3) is 0 Å². The van der Waals surface area contributed by atoms with Crippen LogP contribution in [0.2, 0.25) is 0 Å². The Bertz CT molecular complexity index is 595. The van der Waals surface area contributed by atoms with E-state index in [9.17, 15) is 0 Å². The minimum Gasteiger partial charge on any atom is -0.490 e. The van der Waals surface area contributed by atoms with E-state index in [2.05, 4.69) is 55.4 Å². The van der Waals surface area contributed by atoms with Gasteiger partial charge in [-0.05, 0) is 77.9 Å². The van der Waals surface area contributed by atoms with Crippen LogP contribution in [0.1, 0.15) is 66.0 Å². The van der Waals surface area contributed by atoms with E-state index >= 15 is 0 Å². The fourth-order valence-corrected chi connectivity index (χ4v) is 3.12. The average molecular weight is 535 g/mol. The van der Waals surface area contributed by atoms with Crippen LogP contribution in [-0.4, -0.2) is 56.8 Å². The van der Waals surface area contributed by atoms with Crippen LogP contribution in [-0.2, 0) is 0 Å². The van der Waals surface area contributed by atoms with Crippen molar-refractivity contribution in [3.05, 3.63) is 23.8 Å². The first-order valence-corrected chi connectivity index (χ1v) is 11.3. The van der Waals surface area contributed by atoms with Crippen molar-refractivity contribution >= 4 is 29.9 Å². The fraction of sp³-hybridized carbons (Fsp3) is 0.696. The van der Waals surface area contributed by atoms with E-state index in [4.69, 9.17) is 14.5 Å². The molecule has 174 valence electrons. The lowest BCUT2D eigenvalue weighted by atomic mass is 10.1. The third kappa shape index (κ3) is 10.7. The van der Waals surface area contributed by atoms with E-state index in [1.165, 1.54) is 6.42 Å². The van der Waals surface area contributed by atoms with Crippen LogP contribution in [0.15, 0.2) is 23.2 Å². The standard InChI is InChI=1S/C23H42N4O2.HI/c1-7-24-23(25-16-12-13-17-27(8-2)9-3)26-19(6)20-14-15-21(28-10-4)22(18-20)29-11-5;/h14-15,18-19H,7-13,16-17H2,1-6H3,(H2,24,25,26);1H. The molecule has 0 aliphatic heterocycles. The third-order valence-corrected chi connectivity index (χ3v) is 4.81. The molecular weight excluding hydrogens is 491 g/mol. The van der Waals surface area contributed by atoms with Crippen molar-refractivity contribution < 1.29 is 9.47 Å². The molecule has 6 nitrogen and oxygen atoms in total. The maximum absolute atomic E-state index is 5.76. The van der Waals surface area contributed by atoms with Gasteiger partial charge < -0.3 is 25.0 Å². The zero-order valence-corrected chi connectivity index (χ0v) is 22.1. The summed E-state index contributed by atoms with van der Waals surface area (Å²) in [7, 11) is 0. The molecule has 0 aliphatic rings. The molecule has 0 aromatic heterocycles. The molecule has 0 saturated heterocycles. The Morgan fingerprint density at radius 3 is 2.27 bits per heavy atom. The van der Waals surface area contributed by atoms with Crippen LogP contribution < -0.4 is 20.1 Å². The highest BCUT2D eigenvalue weighted by molar-refractivity contribution is 14.0. The van der Waals surface area contributed by atoms with Gasteiger partial charge in [-0.1, -0.05) is 19.9 Å². The average Bonchev–Trinajstić information content (AvgIpc) is 2.72. The summed E-state index contributed by atoms with van der Waals surface area (Å²) < 4.78 is 11.4. The summed E-state index contributed by atoms with van der Waals surface area (Å²) in [6.45, 7) is 18.9.